The predicted molar refractivity (Wildman–Crippen MR) is 65.0 cm³/mol. The number of nitrogens with zero attached hydrogens (tertiary/aromatic N) is 1. The molecule has 0 radical (unpaired) electrons. The van der Waals surface area contributed by atoms with Gasteiger partial charge in [-0.05, 0) is 51.1 Å². The molecule has 2 nitrogen and oxygen atoms in total. The Morgan fingerprint density at radius 2 is 1.80 bits per heavy atom. The summed E-state index contributed by atoms with van der Waals surface area (Å²) in [6, 6.07) is 1.81. The normalized spacial score (nSPS) is 36.4. The second-order valence-electron chi connectivity index (χ2n) is 5.87. The first-order valence-corrected chi connectivity index (χ1v) is 6.61. The van der Waals surface area contributed by atoms with Crippen LogP contribution in [0.1, 0.15) is 39.5 Å². The molecule has 2 rings (SSSR count). The zero-order valence-electron chi connectivity index (χ0n) is 10.5. The lowest BCUT2D eigenvalue weighted by Gasteiger charge is -2.39. The van der Waals surface area contributed by atoms with Crippen molar-refractivity contribution in [2.24, 2.45) is 11.8 Å². The molecule has 15 heavy (non-hydrogen) atoms. The molecule has 2 unspecified atom stereocenters. The molecular formula is C13H26N2. The molecule has 2 heterocycles. The highest BCUT2D eigenvalue weighted by Crippen LogP contribution is 2.38. The van der Waals surface area contributed by atoms with Crippen molar-refractivity contribution in [2.45, 2.75) is 51.6 Å². The minimum atomic E-state index is 0.828. The largest absolute Gasteiger partial charge is 0.319 e. The van der Waals surface area contributed by atoms with Gasteiger partial charge in [0, 0.05) is 18.6 Å². The van der Waals surface area contributed by atoms with Crippen molar-refractivity contribution in [3.05, 3.63) is 0 Å². The molecule has 88 valence electrons. The molecule has 2 heteroatoms. The van der Waals surface area contributed by atoms with Gasteiger partial charge in [-0.2, -0.15) is 0 Å². The summed E-state index contributed by atoms with van der Waals surface area (Å²) in [4.78, 5) is 2.80. The van der Waals surface area contributed by atoms with Gasteiger partial charge in [0.25, 0.3) is 0 Å². The lowest BCUT2D eigenvalue weighted by molar-refractivity contribution is 0.0914. The number of nitrogens with one attached hydrogen (secondary N) is 1. The van der Waals surface area contributed by atoms with E-state index >= 15 is 0 Å². The van der Waals surface area contributed by atoms with E-state index in [1.165, 1.54) is 38.8 Å². The lowest BCUT2D eigenvalue weighted by Crippen LogP contribution is -2.46. The zero-order valence-corrected chi connectivity index (χ0v) is 10.5. The Kier molecular flexibility index (Phi) is 3.68. The third-order valence-electron chi connectivity index (χ3n) is 4.05. The molecule has 0 aliphatic carbocycles. The first-order valence-electron chi connectivity index (χ1n) is 6.61. The van der Waals surface area contributed by atoms with Crippen LogP contribution in [0.4, 0.5) is 0 Å². The van der Waals surface area contributed by atoms with Gasteiger partial charge < -0.3 is 5.32 Å². The van der Waals surface area contributed by atoms with Gasteiger partial charge in [-0.25, -0.2) is 0 Å². The van der Waals surface area contributed by atoms with Crippen molar-refractivity contribution in [3.8, 4) is 0 Å². The van der Waals surface area contributed by atoms with E-state index in [2.05, 4.69) is 31.1 Å². The van der Waals surface area contributed by atoms with Crippen molar-refractivity contribution < 1.29 is 0 Å². The maximum Gasteiger partial charge on any atom is 0.0102 e. The van der Waals surface area contributed by atoms with Crippen LogP contribution in [0.2, 0.25) is 0 Å². The lowest BCUT2D eigenvalue weighted by atomic mass is 9.90. The predicted octanol–water partition coefficient (Wildman–Crippen LogP) is 2.10. The molecule has 0 saturated carbocycles. The standard InChI is InChI=1S/C13H26N2/c1-10(2)9-15-12-4-5-13(15)7-11(6-12)8-14-3/h10-14H,4-9H2,1-3H3. The van der Waals surface area contributed by atoms with E-state index in [4.69, 9.17) is 0 Å². The number of hydrogen-bond acceptors (Lipinski definition) is 2. The molecule has 0 amide bonds. The van der Waals surface area contributed by atoms with E-state index < -0.39 is 0 Å². The molecule has 2 fully saturated rings. The maximum absolute atomic E-state index is 3.34. The van der Waals surface area contributed by atoms with Crippen LogP contribution < -0.4 is 5.32 Å². The summed E-state index contributed by atoms with van der Waals surface area (Å²) in [5.74, 6) is 1.77. The Morgan fingerprint density at radius 3 is 2.27 bits per heavy atom. The third kappa shape index (κ3) is 2.54. The minimum absolute atomic E-state index is 0.828. The van der Waals surface area contributed by atoms with Crippen molar-refractivity contribution >= 4 is 0 Å². The van der Waals surface area contributed by atoms with E-state index in [0.717, 1.165) is 23.9 Å². The van der Waals surface area contributed by atoms with E-state index in [-0.39, 0.29) is 0 Å². The summed E-state index contributed by atoms with van der Waals surface area (Å²) in [6.45, 7) is 7.24. The van der Waals surface area contributed by atoms with E-state index in [1.54, 1.807) is 0 Å². The van der Waals surface area contributed by atoms with Gasteiger partial charge in [-0.1, -0.05) is 13.8 Å². The van der Waals surface area contributed by atoms with Crippen LogP contribution in [0.15, 0.2) is 0 Å². The molecule has 2 aliphatic rings. The molecule has 2 bridgehead atoms. The van der Waals surface area contributed by atoms with Gasteiger partial charge >= 0.3 is 0 Å². The van der Waals surface area contributed by atoms with Crippen molar-refractivity contribution in [1.29, 1.82) is 0 Å². The molecule has 0 aromatic rings. The average molecular weight is 210 g/mol. The summed E-state index contributed by atoms with van der Waals surface area (Å²) in [7, 11) is 2.09. The summed E-state index contributed by atoms with van der Waals surface area (Å²) in [5, 5.41) is 3.34. The van der Waals surface area contributed by atoms with Crippen molar-refractivity contribution in [1.82, 2.24) is 10.2 Å². The molecule has 2 saturated heterocycles. The Hall–Kier alpha value is -0.0800. The smallest absolute Gasteiger partial charge is 0.0102 e. The summed E-state index contributed by atoms with van der Waals surface area (Å²) >= 11 is 0. The topological polar surface area (TPSA) is 15.3 Å². The molecule has 1 N–H and O–H groups in total. The fraction of sp³-hybridized carbons (Fsp3) is 1.00. The highest BCUT2D eigenvalue weighted by molar-refractivity contribution is 4.95. The zero-order chi connectivity index (χ0) is 10.8. The van der Waals surface area contributed by atoms with Gasteiger partial charge in [0.15, 0.2) is 0 Å². The molecule has 2 atom stereocenters. The number of hydrogen-bond donors (Lipinski definition) is 1. The quantitative estimate of drug-likeness (QED) is 0.764. The second-order valence-corrected chi connectivity index (χ2v) is 5.87. The molecule has 0 aromatic heterocycles. The van der Waals surface area contributed by atoms with Gasteiger partial charge in [0.2, 0.25) is 0 Å². The average Bonchev–Trinajstić information content (AvgIpc) is 2.43. The molecule has 0 aromatic carbocycles. The van der Waals surface area contributed by atoms with Crippen LogP contribution in [0.5, 0.6) is 0 Å². The Balaban J connectivity index is 1.91. The number of fused-ring (bicyclic) bond motifs is 2. The van der Waals surface area contributed by atoms with Crippen LogP contribution in [0.3, 0.4) is 0 Å². The van der Waals surface area contributed by atoms with Gasteiger partial charge in [0.05, 0.1) is 0 Å². The van der Waals surface area contributed by atoms with E-state index in [0.29, 0.717) is 0 Å². The van der Waals surface area contributed by atoms with Crippen LogP contribution in [0.25, 0.3) is 0 Å². The molecular weight excluding hydrogens is 184 g/mol. The maximum atomic E-state index is 3.34. The Labute approximate surface area is 94.4 Å². The third-order valence-corrected chi connectivity index (χ3v) is 4.05. The van der Waals surface area contributed by atoms with Crippen molar-refractivity contribution in [3.63, 3.8) is 0 Å². The number of rotatable bonds is 4. The SMILES string of the molecule is CNCC1CC2CCC(C1)N2CC(C)C. The van der Waals surface area contributed by atoms with Gasteiger partial charge in [-0.15, -0.1) is 0 Å². The second kappa shape index (κ2) is 4.84. The highest BCUT2D eigenvalue weighted by Gasteiger charge is 2.40. The van der Waals surface area contributed by atoms with Crippen LogP contribution in [-0.2, 0) is 0 Å². The van der Waals surface area contributed by atoms with Gasteiger partial charge in [0.1, 0.15) is 0 Å². The summed E-state index contributed by atoms with van der Waals surface area (Å²) < 4.78 is 0. The van der Waals surface area contributed by atoms with Crippen LogP contribution in [0, 0.1) is 11.8 Å². The minimum Gasteiger partial charge on any atom is -0.319 e. The first kappa shape index (κ1) is 11.4. The van der Waals surface area contributed by atoms with Gasteiger partial charge in [-0.3, -0.25) is 4.90 Å². The van der Waals surface area contributed by atoms with Crippen LogP contribution >= 0.6 is 0 Å². The monoisotopic (exact) mass is 210 g/mol. The Morgan fingerprint density at radius 1 is 1.20 bits per heavy atom. The molecule has 0 spiro atoms. The summed E-state index contributed by atoms with van der Waals surface area (Å²) in [6.07, 6.45) is 5.78. The van der Waals surface area contributed by atoms with Crippen molar-refractivity contribution in [2.75, 3.05) is 20.1 Å². The van der Waals surface area contributed by atoms with Crippen LogP contribution in [-0.4, -0.2) is 37.1 Å². The first-order chi connectivity index (χ1) is 7.20. The molecule has 2 aliphatic heterocycles. The summed E-state index contributed by atoms with van der Waals surface area (Å²) in [5.41, 5.74) is 0. The van der Waals surface area contributed by atoms with E-state index in [9.17, 15) is 0 Å². The number of piperidine rings is 1. The fourth-order valence-electron chi connectivity index (χ4n) is 3.56. The fourth-order valence-corrected chi connectivity index (χ4v) is 3.56. The van der Waals surface area contributed by atoms with E-state index in [1.807, 2.05) is 0 Å². The Bertz CT molecular complexity index is 189. The highest BCUT2D eigenvalue weighted by atomic mass is 15.2.